The summed E-state index contributed by atoms with van der Waals surface area (Å²) >= 11 is 0. The molecule has 2 aromatic heterocycles. The smallest absolute Gasteiger partial charge is 0.256 e. The lowest BCUT2D eigenvalue weighted by Crippen LogP contribution is -2.40. The minimum Gasteiger partial charge on any atom is -0.368 e. The van der Waals surface area contributed by atoms with Crippen molar-refractivity contribution in [2.75, 3.05) is 18.4 Å². The molecule has 5 rings (SSSR count). The minimum absolute atomic E-state index is 0.0544. The normalized spacial score (nSPS) is 19.3. The number of carbonyl (C=O) groups is 1. The predicted molar refractivity (Wildman–Crippen MR) is 115 cm³/mol. The lowest BCUT2D eigenvalue weighted by atomic mass is 10.0. The lowest BCUT2D eigenvalue weighted by Gasteiger charge is -2.26. The van der Waals surface area contributed by atoms with Crippen molar-refractivity contribution in [2.45, 2.75) is 39.2 Å². The van der Waals surface area contributed by atoms with Crippen molar-refractivity contribution < 1.29 is 4.79 Å². The summed E-state index contributed by atoms with van der Waals surface area (Å²) in [5.74, 6) is 0.912. The predicted octanol–water partition coefficient (Wildman–Crippen LogP) is 3.39. The molecule has 0 bridgehead atoms. The Kier molecular flexibility index (Phi) is 4.53. The molecule has 3 aromatic rings. The van der Waals surface area contributed by atoms with Crippen LogP contribution in [0.2, 0.25) is 0 Å². The molecule has 3 heterocycles. The summed E-state index contributed by atoms with van der Waals surface area (Å²) in [6, 6.07) is 12.0. The first-order valence-electron chi connectivity index (χ1n) is 10.5. The molecule has 0 radical (unpaired) electrons. The summed E-state index contributed by atoms with van der Waals surface area (Å²) in [5.41, 5.74) is 3.71. The van der Waals surface area contributed by atoms with Gasteiger partial charge in [-0.3, -0.25) is 4.79 Å². The molecule has 30 heavy (non-hydrogen) atoms. The first-order valence-corrected chi connectivity index (χ1v) is 10.5. The maximum Gasteiger partial charge on any atom is 0.256 e. The zero-order chi connectivity index (χ0) is 20.7. The van der Waals surface area contributed by atoms with E-state index in [1.165, 1.54) is 17.6 Å². The number of benzene rings is 1. The molecule has 2 fully saturated rings. The van der Waals surface area contributed by atoms with E-state index in [1.807, 2.05) is 50.2 Å². The van der Waals surface area contributed by atoms with E-state index in [0.717, 1.165) is 35.7 Å². The number of aryl methyl sites for hydroxylation is 2. The molecule has 1 atom stereocenters. The number of hydrogen-bond donors (Lipinski definition) is 1. The lowest BCUT2D eigenvalue weighted by molar-refractivity contribution is 0.0737. The van der Waals surface area contributed by atoms with Crippen LogP contribution in [0, 0.1) is 19.3 Å². The highest BCUT2D eigenvalue weighted by atomic mass is 16.2. The van der Waals surface area contributed by atoms with E-state index in [-0.39, 0.29) is 11.9 Å². The molecule has 1 spiro atoms. The van der Waals surface area contributed by atoms with Crippen molar-refractivity contribution in [1.82, 2.24) is 24.9 Å². The van der Waals surface area contributed by atoms with Gasteiger partial charge in [0.2, 0.25) is 0 Å². The number of nitrogens with one attached hydrogen (secondary N) is 1. The van der Waals surface area contributed by atoms with Crippen LogP contribution in [0.5, 0.6) is 0 Å². The van der Waals surface area contributed by atoms with Gasteiger partial charge in [-0.05, 0) is 62.8 Å². The third-order valence-corrected chi connectivity index (χ3v) is 6.26. The molecule has 1 aromatic carbocycles. The summed E-state index contributed by atoms with van der Waals surface area (Å²) < 4.78 is 0. The topological polar surface area (TPSA) is 75.9 Å². The van der Waals surface area contributed by atoms with Crippen LogP contribution in [0.15, 0.2) is 48.8 Å². The Morgan fingerprint density at radius 3 is 2.70 bits per heavy atom. The Bertz CT molecular complexity index is 1070. The van der Waals surface area contributed by atoms with Gasteiger partial charge in [-0.25, -0.2) is 4.98 Å². The maximum absolute atomic E-state index is 13.7. The number of anilines is 1. The number of aromatic nitrogens is 4. The molecular weight excluding hydrogens is 376 g/mol. The van der Waals surface area contributed by atoms with Crippen molar-refractivity contribution in [3.8, 4) is 5.69 Å². The van der Waals surface area contributed by atoms with Gasteiger partial charge in [-0.15, -0.1) is 0 Å². The Balaban J connectivity index is 1.42. The van der Waals surface area contributed by atoms with Crippen LogP contribution >= 0.6 is 0 Å². The Morgan fingerprint density at radius 1 is 1.17 bits per heavy atom. The van der Waals surface area contributed by atoms with Gasteiger partial charge in [0.25, 0.3) is 5.91 Å². The van der Waals surface area contributed by atoms with E-state index >= 15 is 0 Å². The summed E-state index contributed by atoms with van der Waals surface area (Å²) in [5, 5.41) is 11.9. The van der Waals surface area contributed by atoms with Gasteiger partial charge in [0.15, 0.2) is 0 Å². The summed E-state index contributed by atoms with van der Waals surface area (Å²) in [6.45, 7) is 5.51. The van der Waals surface area contributed by atoms with Crippen molar-refractivity contribution in [1.29, 1.82) is 0 Å². The van der Waals surface area contributed by atoms with Gasteiger partial charge in [0.1, 0.15) is 5.82 Å². The monoisotopic (exact) mass is 402 g/mol. The van der Waals surface area contributed by atoms with Crippen LogP contribution in [-0.2, 0) is 0 Å². The van der Waals surface area contributed by atoms with Crippen molar-refractivity contribution in [3.63, 3.8) is 0 Å². The molecule has 1 N–H and O–H groups in total. The van der Waals surface area contributed by atoms with Crippen LogP contribution in [0.1, 0.15) is 40.9 Å². The minimum atomic E-state index is 0.0544. The fraction of sp³-hybridized carbons (Fsp3) is 0.391. The number of rotatable bonds is 5. The highest BCUT2D eigenvalue weighted by molar-refractivity contribution is 5.98. The van der Waals surface area contributed by atoms with E-state index in [9.17, 15) is 4.79 Å². The number of carbonyl (C=O) groups excluding carboxylic acids is 1. The second-order valence-corrected chi connectivity index (χ2v) is 8.68. The Hall–Kier alpha value is -3.22. The average molecular weight is 403 g/mol. The van der Waals surface area contributed by atoms with E-state index in [0.29, 0.717) is 17.5 Å². The van der Waals surface area contributed by atoms with E-state index in [2.05, 4.69) is 25.4 Å². The van der Waals surface area contributed by atoms with Gasteiger partial charge < -0.3 is 10.2 Å². The van der Waals surface area contributed by atoms with Crippen molar-refractivity contribution in [2.24, 2.45) is 5.41 Å². The van der Waals surface area contributed by atoms with Crippen LogP contribution in [0.3, 0.4) is 0 Å². The molecule has 1 saturated heterocycles. The highest BCUT2D eigenvalue weighted by Crippen LogP contribution is 2.55. The SMILES string of the molecule is Cc1ccc(-n2nccn2)c(C(=O)N2CC3(CC3)C[C@H]2CNc2cccc(C)n2)c1. The first-order chi connectivity index (χ1) is 14.5. The second-order valence-electron chi connectivity index (χ2n) is 8.68. The van der Waals surface area contributed by atoms with Crippen LogP contribution in [-0.4, -0.2) is 49.9 Å². The fourth-order valence-electron chi connectivity index (χ4n) is 4.48. The number of amides is 1. The molecule has 7 nitrogen and oxygen atoms in total. The number of hydrogen-bond acceptors (Lipinski definition) is 5. The molecular formula is C23H26N6O. The molecule has 2 aliphatic rings. The number of pyridine rings is 1. The molecule has 1 aliphatic heterocycles. The van der Waals surface area contributed by atoms with Crippen LogP contribution < -0.4 is 5.32 Å². The van der Waals surface area contributed by atoms with Crippen molar-refractivity contribution in [3.05, 3.63) is 65.6 Å². The van der Waals surface area contributed by atoms with E-state index < -0.39 is 0 Å². The standard InChI is InChI=1S/C23H26N6O/c1-16-6-7-20(29-25-10-11-26-29)19(12-16)22(30)28-15-23(8-9-23)13-18(28)14-24-21-5-3-4-17(2)27-21/h3-7,10-12,18H,8-9,13-15H2,1-2H3,(H,24,27)/t18-/m0/s1. The molecule has 154 valence electrons. The van der Waals surface area contributed by atoms with Gasteiger partial charge in [0.05, 0.1) is 23.6 Å². The quantitative estimate of drug-likeness (QED) is 0.708. The van der Waals surface area contributed by atoms with Gasteiger partial charge >= 0.3 is 0 Å². The number of nitrogens with zero attached hydrogens (tertiary/aromatic N) is 5. The van der Waals surface area contributed by atoms with Crippen molar-refractivity contribution >= 4 is 11.7 Å². The average Bonchev–Trinajstić information content (AvgIpc) is 3.13. The van der Waals surface area contributed by atoms with E-state index in [1.54, 1.807) is 12.4 Å². The molecule has 0 unspecified atom stereocenters. The zero-order valence-electron chi connectivity index (χ0n) is 17.4. The molecule has 7 heteroatoms. The Morgan fingerprint density at radius 2 is 1.97 bits per heavy atom. The largest absolute Gasteiger partial charge is 0.368 e. The summed E-state index contributed by atoms with van der Waals surface area (Å²) in [4.78, 5) is 21.8. The molecule has 1 amide bonds. The highest BCUT2D eigenvalue weighted by Gasteiger charge is 2.53. The number of likely N-dealkylation sites (tertiary alicyclic amines) is 1. The van der Waals surface area contributed by atoms with E-state index in [4.69, 9.17) is 0 Å². The summed E-state index contributed by atoms with van der Waals surface area (Å²) in [6.07, 6.45) is 6.71. The van der Waals surface area contributed by atoms with Gasteiger partial charge in [0, 0.05) is 24.8 Å². The first kappa shape index (κ1) is 18.8. The fourth-order valence-corrected chi connectivity index (χ4v) is 4.48. The summed E-state index contributed by atoms with van der Waals surface area (Å²) in [7, 11) is 0. The molecule has 1 saturated carbocycles. The van der Waals surface area contributed by atoms with Gasteiger partial charge in [-0.2, -0.15) is 15.0 Å². The second kappa shape index (κ2) is 7.23. The van der Waals surface area contributed by atoms with Gasteiger partial charge in [-0.1, -0.05) is 17.7 Å². The molecule has 1 aliphatic carbocycles. The van der Waals surface area contributed by atoms with Crippen LogP contribution in [0.4, 0.5) is 5.82 Å². The Labute approximate surface area is 176 Å². The third-order valence-electron chi connectivity index (χ3n) is 6.26. The maximum atomic E-state index is 13.7. The third kappa shape index (κ3) is 3.56. The van der Waals surface area contributed by atoms with Crippen LogP contribution in [0.25, 0.3) is 5.69 Å². The zero-order valence-corrected chi connectivity index (χ0v) is 17.4.